The first kappa shape index (κ1) is 22.8. The topological polar surface area (TPSA) is 102 Å². The van der Waals surface area contributed by atoms with Crippen LogP contribution in [0.5, 0.6) is 0 Å². The summed E-state index contributed by atoms with van der Waals surface area (Å²) in [6.45, 7) is 2.63. The summed E-state index contributed by atoms with van der Waals surface area (Å²) in [5, 5.41) is 2.23. The van der Waals surface area contributed by atoms with Gasteiger partial charge in [0.1, 0.15) is 11.9 Å². The Morgan fingerprint density at radius 2 is 1.79 bits per heavy atom. The summed E-state index contributed by atoms with van der Waals surface area (Å²) in [6.07, 6.45) is 0. The Morgan fingerprint density at radius 3 is 2.38 bits per heavy atom. The van der Waals surface area contributed by atoms with Crippen LogP contribution in [-0.2, 0) is 24.3 Å². The fourth-order valence-electron chi connectivity index (χ4n) is 2.29. The molecule has 29 heavy (non-hydrogen) atoms. The molecule has 0 saturated carbocycles. The molecule has 0 fully saturated rings. The van der Waals surface area contributed by atoms with E-state index in [4.69, 9.17) is 16.3 Å². The Balaban J connectivity index is 1.98. The third kappa shape index (κ3) is 6.52. The third-order valence-corrected chi connectivity index (χ3v) is 5.55. The molecule has 0 aliphatic heterocycles. The smallest absolute Gasteiger partial charge is 0.324 e. The number of hydrogen-bond acceptors (Lipinski definition) is 5. The quantitative estimate of drug-likeness (QED) is 0.612. The lowest BCUT2D eigenvalue weighted by Crippen LogP contribution is -2.45. The lowest BCUT2D eigenvalue weighted by Gasteiger charge is -2.20. The highest BCUT2D eigenvalue weighted by Crippen LogP contribution is 2.19. The van der Waals surface area contributed by atoms with Crippen molar-refractivity contribution in [2.75, 3.05) is 11.9 Å². The molecule has 1 amide bonds. The Kier molecular flexibility index (Phi) is 7.72. The number of carbonyl (C=O) groups is 2. The first-order chi connectivity index (χ1) is 13.6. The predicted molar refractivity (Wildman–Crippen MR) is 106 cm³/mol. The largest absolute Gasteiger partial charge is 0.454 e. The highest BCUT2D eigenvalue weighted by Gasteiger charge is 2.30. The maximum atomic E-state index is 13.1. The van der Waals surface area contributed by atoms with Crippen molar-refractivity contribution in [3.05, 3.63) is 59.4 Å². The number of benzene rings is 2. The van der Waals surface area contributed by atoms with Crippen LogP contribution < -0.4 is 10.0 Å². The molecule has 2 rings (SSSR count). The number of nitrogens with one attached hydrogen (secondary N) is 2. The molecule has 0 aliphatic carbocycles. The van der Waals surface area contributed by atoms with Gasteiger partial charge in [-0.25, -0.2) is 12.8 Å². The van der Waals surface area contributed by atoms with Gasteiger partial charge in [-0.1, -0.05) is 43.6 Å². The van der Waals surface area contributed by atoms with E-state index in [0.29, 0.717) is 0 Å². The van der Waals surface area contributed by atoms with Gasteiger partial charge < -0.3 is 10.1 Å². The molecule has 0 spiro atoms. The van der Waals surface area contributed by atoms with Gasteiger partial charge in [-0.3, -0.25) is 9.59 Å². The SMILES string of the molecule is CC(C)[C@H](NS(=O)(=O)c1ccccc1)C(=O)OCC(=O)Nc1ccc(F)c(Cl)c1. The first-order valence-corrected chi connectivity index (χ1v) is 10.4. The highest BCUT2D eigenvalue weighted by atomic mass is 35.5. The molecule has 0 heterocycles. The summed E-state index contributed by atoms with van der Waals surface area (Å²) in [4.78, 5) is 24.3. The fourth-order valence-corrected chi connectivity index (χ4v) is 3.82. The van der Waals surface area contributed by atoms with E-state index in [1.54, 1.807) is 32.0 Å². The van der Waals surface area contributed by atoms with E-state index in [0.717, 1.165) is 6.07 Å². The Morgan fingerprint density at radius 1 is 1.14 bits per heavy atom. The van der Waals surface area contributed by atoms with Crippen LogP contribution >= 0.6 is 11.6 Å². The Labute approximate surface area is 173 Å². The molecule has 10 heteroatoms. The number of amides is 1. The zero-order valence-electron chi connectivity index (χ0n) is 15.7. The number of hydrogen-bond donors (Lipinski definition) is 2. The van der Waals surface area contributed by atoms with Gasteiger partial charge in [0.05, 0.1) is 9.92 Å². The van der Waals surface area contributed by atoms with Crippen molar-refractivity contribution in [1.29, 1.82) is 0 Å². The maximum absolute atomic E-state index is 13.1. The second kappa shape index (κ2) is 9.82. The molecule has 1 atom stereocenters. The number of halogens is 2. The Hall–Kier alpha value is -2.49. The summed E-state index contributed by atoms with van der Waals surface area (Å²) < 4.78 is 45.3. The van der Waals surface area contributed by atoms with E-state index in [-0.39, 0.29) is 15.6 Å². The van der Waals surface area contributed by atoms with Crippen LogP contribution in [0.2, 0.25) is 5.02 Å². The fraction of sp³-hybridized carbons (Fsp3) is 0.263. The second-order valence-electron chi connectivity index (χ2n) is 6.44. The van der Waals surface area contributed by atoms with Crippen molar-refractivity contribution < 1.29 is 27.1 Å². The van der Waals surface area contributed by atoms with Crippen molar-refractivity contribution in [3.8, 4) is 0 Å². The van der Waals surface area contributed by atoms with E-state index in [9.17, 15) is 22.4 Å². The molecule has 7 nitrogen and oxygen atoms in total. The normalized spacial score (nSPS) is 12.4. The molecule has 0 unspecified atom stereocenters. The van der Waals surface area contributed by atoms with Crippen molar-refractivity contribution >= 4 is 39.2 Å². The lowest BCUT2D eigenvalue weighted by atomic mass is 10.1. The molecule has 0 aliphatic rings. The van der Waals surface area contributed by atoms with Crippen LogP contribution in [0.3, 0.4) is 0 Å². The van der Waals surface area contributed by atoms with Crippen molar-refractivity contribution in [3.63, 3.8) is 0 Å². The maximum Gasteiger partial charge on any atom is 0.324 e. The van der Waals surface area contributed by atoms with Crippen LogP contribution in [0.4, 0.5) is 10.1 Å². The average Bonchev–Trinajstić information content (AvgIpc) is 2.67. The molecule has 0 aromatic heterocycles. The van der Waals surface area contributed by atoms with E-state index in [2.05, 4.69) is 10.0 Å². The van der Waals surface area contributed by atoms with E-state index in [1.165, 1.54) is 24.3 Å². The van der Waals surface area contributed by atoms with Gasteiger partial charge in [-0.2, -0.15) is 4.72 Å². The molecule has 0 bridgehead atoms. The zero-order valence-corrected chi connectivity index (χ0v) is 17.3. The second-order valence-corrected chi connectivity index (χ2v) is 8.56. The first-order valence-electron chi connectivity index (χ1n) is 8.59. The molecule has 0 radical (unpaired) electrons. The van der Waals surface area contributed by atoms with Gasteiger partial charge in [-0.15, -0.1) is 0 Å². The van der Waals surface area contributed by atoms with Gasteiger partial charge in [0, 0.05) is 5.69 Å². The van der Waals surface area contributed by atoms with Crippen LogP contribution in [0.1, 0.15) is 13.8 Å². The summed E-state index contributed by atoms with van der Waals surface area (Å²) in [7, 11) is -3.95. The molecule has 2 aromatic carbocycles. The standard InChI is InChI=1S/C19H20ClFN2O5S/c1-12(2)18(23-29(26,27)14-6-4-3-5-7-14)19(25)28-11-17(24)22-13-8-9-16(21)15(20)10-13/h3-10,12,18,23H,11H2,1-2H3,(H,22,24)/t18-/m0/s1. The van der Waals surface area contributed by atoms with Gasteiger partial charge in [0.15, 0.2) is 6.61 Å². The van der Waals surface area contributed by atoms with Gasteiger partial charge >= 0.3 is 5.97 Å². The number of ether oxygens (including phenoxy) is 1. The number of rotatable bonds is 8. The summed E-state index contributed by atoms with van der Waals surface area (Å²) in [5.74, 6) is -2.65. The molecular formula is C19H20ClFN2O5S. The molecule has 2 N–H and O–H groups in total. The lowest BCUT2D eigenvalue weighted by molar-refractivity contribution is -0.150. The van der Waals surface area contributed by atoms with E-state index >= 15 is 0 Å². The molecular weight excluding hydrogens is 423 g/mol. The van der Waals surface area contributed by atoms with Crippen LogP contribution in [0, 0.1) is 11.7 Å². The van der Waals surface area contributed by atoms with Crippen molar-refractivity contribution in [1.82, 2.24) is 4.72 Å². The third-order valence-electron chi connectivity index (χ3n) is 3.81. The van der Waals surface area contributed by atoms with Gasteiger partial charge in [-0.05, 0) is 36.2 Å². The zero-order chi connectivity index (χ0) is 21.6. The summed E-state index contributed by atoms with van der Waals surface area (Å²) in [6, 6.07) is 9.98. The number of anilines is 1. The highest BCUT2D eigenvalue weighted by molar-refractivity contribution is 7.89. The van der Waals surface area contributed by atoms with Crippen LogP contribution in [0.25, 0.3) is 0 Å². The monoisotopic (exact) mass is 442 g/mol. The van der Waals surface area contributed by atoms with E-state index < -0.39 is 46.3 Å². The molecule has 2 aromatic rings. The minimum atomic E-state index is -3.95. The summed E-state index contributed by atoms with van der Waals surface area (Å²) in [5.41, 5.74) is 0.225. The molecule has 0 saturated heterocycles. The number of carbonyl (C=O) groups excluding carboxylic acids is 2. The minimum Gasteiger partial charge on any atom is -0.454 e. The minimum absolute atomic E-state index is 0.00406. The van der Waals surface area contributed by atoms with Crippen LogP contribution in [-0.4, -0.2) is 32.9 Å². The van der Waals surface area contributed by atoms with Gasteiger partial charge in [0.2, 0.25) is 10.0 Å². The molecule has 156 valence electrons. The van der Waals surface area contributed by atoms with Crippen molar-refractivity contribution in [2.45, 2.75) is 24.8 Å². The van der Waals surface area contributed by atoms with E-state index in [1.807, 2.05) is 0 Å². The number of sulfonamides is 1. The van der Waals surface area contributed by atoms with Gasteiger partial charge in [0.25, 0.3) is 5.91 Å². The predicted octanol–water partition coefficient (Wildman–Crippen LogP) is 2.96. The van der Waals surface area contributed by atoms with Crippen LogP contribution in [0.15, 0.2) is 53.4 Å². The average molecular weight is 443 g/mol. The van der Waals surface area contributed by atoms with Crippen molar-refractivity contribution in [2.24, 2.45) is 5.92 Å². The summed E-state index contributed by atoms with van der Waals surface area (Å²) >= 11 is 5.64. The number of esters is 1. The Bertz CT molecular complexity index is 983.